The van der Waals surface area contributed by atoms with Crippen molar-refractivity contribution in [3.8, 4) is 5.75 Å². The number of nitrogens with zero attached hydrogens (tertiary/aromatic N) is 2. The van der Waals surface area contributed by atoms with Crippen molar-refractivity contribution in [2.45, 2.75) is 33.3 Å². The minimum Gasteiger partial charge on any atom is -0.488 e. The molecule has 1 aromatic heterocycles. The molecule has 0 saturated heterocycles. The molecule has 0 radical (unpaired) electrons. The van der Waals surface area contributed by atoms with E-state index in [0.717, 1.165) is 16.7 Å². The van der Waals surface area contributed by atoms with E-state index in [1.165, 1.54) is 0 Å². The Kier molecular flexibility index (Phi) is 2.65. The molecule has 0 aliphatic heterocycles. The van der Waals surface area contributed by atoms with E-state index in [2.05, 4.69) is 9.97 Å². The van der Waals surface area contributed by atoms with E-state index in [1.807, 2.05) is 45.9 Å². The zero-order chi connectivity index (χ0) is 12.6. The van der Waals surface area contributed by atoms with Gasteiger partial charge in [0.25, 0.3) is 0 Å². The highest BCUT2D eigenvalue weighted by Gasteiger charge is 2.12. The van der Waals surface area contributed by atoms with E-state index >= 15 is 0 Å². The number of fused-ring (bicyclic) bond motifs is 1. The summed E-state index contributed by atoms with van der Waals surface area (Å²) in [5.74, 6) is 1.97. The smallest absolute Gasteiger partial charge is 0.135 e. The maximum atomic E-state index is 5.84. The van der Waals surface area contributed by atoms with Crippen LogP contribution in [0.25, 0.3) is 10.9 Å². The summed E-state index contributed by atoms with van der Waals surface area (Å²) in [6.07, 6.45) is 0. The molecule has 0 atom stereocenters. The van der Waals surface area contributed by atoms with Gasteiger partial charge >= 0.3 is 0 Å². The lowest BCUT2D eigenvalue weighted by Crippen LogP contribution is -2.22. The summed E-state index contributed by atoms with van der Waals surface area (Å²) < 4.78 is 5.79. The fourth-order valence-corrected chi connectivity index (χ4v) is 1.67. The molecule has 90 valence electrons. The minimum absolute atomic E-state index is 0.221. The third-order valence-corrected chi connectivity index (χ3v) is 2.23. The van der Waals surface area contributed by atoms with Crippen molar-refractivity contribution in [2.75, 3.05) is 5.73 Å². The van der Waals surface area contributed by atoms with Crippen molar-refractivity contribution in [1.82, 2.24) is 9.97 Å². The van der Waals surface area contributed by atoms with Crippen molar-refractivity contribution >= 4 is 16.7 Å². The molecule has 2 aromatic rings. The summed E-state index contributed by atoms with van der Waals surface area (Å²) in [5.41, 5.74) is 6.44. The standard InChI is InChI=1S/C13H17N3O/c1-8-15-11-7-9(17-13(2,3)4)5-6-10(11)12(14)16-8/h5-7H,1-4H3,(H2,14,15,16). The van der Waals surface area contributed by atoms with Crippen LogP contribution >= 0.6 is 0 Å². The van der Waals surface area contributed by atoms with E-state index < -0.39 is 0 Å². The van der Waals surface area contributed by atoms with Crippen LogP contribution in [-0.4, -0.2) is 15.6 Å². The molecule has 0 spiro atoms. The Labute approximate surface area is 101 Å². The van der Waals surface area contributed by atoms with Crippen LogP contribution in [0, 0.1) is 6.92 Å². The largest absolute Gasteiger partial charge is 0.488 e. The first-order valence-corrected chi connectivity index (χ1v) is 5.58. The third-order valence-electron chi connectivity index (χ3n) is 2.23. The summed E-state index contributed by atoms with van der Waals surface area (Å²) in [7, 11) is 0. The average Bonchev–Trinajstić information content (AvgIpc) is 2.13. The van der Waals surface area contributed by atoms with Gasteiger partial charge in [-0.25, -0.2) is 9.97 Å². The van der Waals surface area contributed by atoms with Crippen LogP contribution in [0.3, 0.4) is 0 Å². The average molecular weight is 231 g/mol. The number of anilines is 1. The van der Waals surface area contributed by atoms with Gasteiger partial charge in [-0.1, -0.05) is 0 Å². The van der Waals surface area contributed by atoms with Crippen LogP contribution in [0.5, 0.6) is 5.75 Å². The molecule has 0 amide bonds. The van der Waals surface area contributed by atoms with E-state index in [1.54, 1.807) is 0 Å². The lowest BCUT2D eigenvalue weighted by Gasteiger charge is -2.21. The predicted octanol–water partition coefficient (Wildman–Crippen LogP) is 2.70. The molecule has 0 bridgehead atoms. The van der Waals surface area contributed by atoms with Gasteiger partial charge in [0.1, 0.15) is 23.0 Å². The molecule has 4 nitrogen and oxygen atoms in total. The van der Waals surface area contributed by atoms with Crippen LogP contribution in [0.2, 0.25) is 0 Å². The van der Waals surface area contributed by atoms with Gasteiger partial charge in [0, 0.05) is 11.5 Å². The van der Waals surface area contributed by atoms with Gasteiger partial charge in [-0.05, 0) is 39.8 Å². The number of hydrogen-bond donors (Lipinski definition) is 1. The predicted molar refractivity (Wildman–Crippen MR) is 69.1 cm³/mol. The molecule has 0 saturated carbocycles. The molecule has 1 heterocycles. The maximum Gasteiger partial charge on any atom is 0.135 e. The number of aromatic nitrogens is 2. The maximum absolute atomic E-state index is 5.84. The zero-order valence-corrected chi connectivity index (χ0v) is 10.6. The quantitative estimate of drug-likeness (QED) is 0.819. The van der Waals surface area contributed by atoms with Gasteiger partial charge in [-0.3, -0.25) is 0 Å². The first-order valence-electron chi connectivity index (χ1n) is 5.58. The molecular weight excluding hydrogens is 214 g/mol. The number of benzene rings is 1. The number of nitrogen functional groups attached to an aromatic ring is 1. The highest BCUT2D eigenvalue weighted by Crippen LogP contribution is 2.25. The highest BCUT2D eigenvalue weighted by molar-refractivity contribution is 5.88. The van der Waals surface area contributed by atoms with Gasteiger partial charge in [-0.2, -0.15) is 0 Å². The molecule has 0 fully saturated rings. The van der Waals surface area contributed by atoms with E-state index in [0.29, 0.717) is 11.6 Å². The lowest BCUT2D eigenvalue weighted by molar-refractivity contribution is 0.131. The van der Waals surface area contributed by atoms with Crippen molar-refractivity contribution < 1.29 is 4.74 Å². The Hall–Kier alpha value is -1.84. The second-order valence-corrected chi connectivity index (χ2v) is 5.05. The Morgan fingerprint density at radius 3 is 2.53 bits per heavy atom. The normalized spacial score (nSPS) is 11.8. The molecule has 2 rings (SSSR count). The molecule has 1 aromatic carbocycles. The van der Waals surface area contributed by atoms with E-state index in [9.17, 15) is 0 Å². The summed E-state index contributed by atoms with van der Waals surface area (Å²) in [6, 6.07) is 5.68. The van der Waals surface area contributed by atoms with Gasteiger partial charge < -0.3 is 10.5 Å². The van der Waals surface area contributed by atoms with Gasteiger partial charge in [0.2, 0.25) is 0 Å². The Morgan fingerprint density at radius 2 is 1.88 bits per heavy atom. The van der Waals surface area contributed by atoms with E-state index in [4.69, 9.17) is 10.5 Å². The van der Waals surface area contributed by atoms with Crippen LogP contribution < -0.4 is 10.5 Å². The molecule has 4 heteroatoms. The second kappa shape index (κ2) is 3.87. The van der Waals surface area contributed by atoms with Crippen LogP contribution in [0.4, 0.5) is 5.82 Å². The van der Waals surface area contributed by atoms with Crippen LogP contribution in [0.1, 0.15) is 26.6 Å². The van der Waals surface area contributed by atoms with Crippen LogP contribution in [0.15, 0.2) is 18.2 Å². The number of ether oxygens (including phenoxy) is 1. The Morgan fingerprint density at radius 1 is 1.18 bits per heavy atom. The molecule has 0 aliphatic rings. The summed E-state index contributed by atoms with van der Waals surface area (Å²) in [4.78, 5) is 8.49. The molecule has 2 N–H and O–H groups in total. The molecule has 0 aliphatic carbocycles. The monoisotopic (exact) mass is 231 g/mol. The number of nitrogens with two attached hydrogens (primary N) is 1. The topological polar surface area (TPSA) is 61.0 Å². The van der Waals surface area contributed by atoms with Gasteiger partial charge in [0.05, 0.1) is 5.52 Å². The van der Waals surface area contributed by atoms with Crippen molar-refractivity contribution in [3.05, 3.63) is 24.0 Å². The second-order valence-electron chi connectivity index (χ2n) is 5.05. The fourth-order valence-electron chi connectivity index (χ4n) is 1.67. The molecular formula is C13H17N3O. The van der Waals surface area contributed by atoms with E-state index in [-0.39, 0.29) is 5.60 Å². The fraction of sp³-hybridized carbons (Fsp3) is 0.385. The minimum atomic E-state index is -0.221. The molecule has 0 unspecified atom stereocenters. The summed E-state index contributed by atoms with van der Waals surface area (Å²) >= 11 is 0. The first kappa shape index (κ1) is 11.6. The van der Waals surface area contributed by atoms with Crippen molar-refractivity contribution in [2.24, 2.45) is 0 Å². The summed E-state index contributed by atoms with van der Waals surface area (Å²) in [5, 5.41) is 0.858. The highest BCUT2D eigenvalue weighted by atomic mass is 16.5. The van der Waals surface area contributed by atoms with Crippen LogP contribution in [-0.2, 0) is 0 Å². The number of aryl methyl sites for hydroxylation is 1. The van der Waals surface area contributed by atoms with Crippen molar-refractivity contribution in [1.29, 1.82) is 0 Å². The lowest BCUT2D eigenvalue weighted by atomic mass is 10.1. The first-order chi connectivity index (χ1) is 7.85. The van der Waals surface area contributed by atoms with Gasteiger partial charge in [-0.15, -0.1) is 0 Å². The van der Waals surface area contributed by atoms with Crippen molar-refractivity contribution in [3.63, 3.8) is 0 Å². The third kappa shape index (κ3) is 2.64. The Bertz CT molecular complexity index is 558. The summed E-state index contributed by atoms with van der Waals surface area (Å²) in [6.45, 7) is 7.86. The Balaban J connectivity index is 2.50. The number of hydrogen-bond acceptors (Lipinski definition) is 4. The number of rotatable bonds is 1. The molecule has 17 heavy (non-hydrogen) atoms. The zero-order valence-electron chi connectivity index (χ0n) is 10.6. The SMILES string of the molecule is Cc1nc(N)c2ccc(OC(C)(C)C)cc2n1. The van der Waals surface area contributed by atoms with Gasteiger partial charge in [0.15, 0.2) is 0 Å².